The summed E-state index contributed by atoms with van der Waals surface area (Å²) in [7, 11) is 0. The van der Waals surface area contributed by atoms with Crippen molar-refractivity contribution in [3.63, 3.8) is 0 Å². The molecule has 0 aromatic rings. The molecule has 5 heavy (non-hydrogen) atoms. The summed E-state index contributed by atoms with van der Waals surface area (Å²) in [5.74, 6) is 0. The van der Waals surface area contributed by atoms with Gasteiger partial charge in [-0.15, -0.1) is 0 Å². The van der Waals surface area contributed by atoms with E-state index in [9.17, 15) is 0 Å². The van der Waals surface area contributed by atoms with Crippen LogP contribution in [0.5, 0.6) is 0 Å². The average molecular weight is 177 g/mol. The fourth-order valence-electron chi connectivity index (χ4n) is 0.236. The molecule has 0 amide bonds. The first-order valence-electron chi connectivity index (χ1n) is 2.03. The van der Waals surface area contributed by atoms with Gasteiger partial charge in [-0.1, -0.05) is 0 Å². The van der Waals surface area contributed by atoms with Crippen LogP contribution in [-0.2, 0) is 0 Å². The van der Waals surface area contributed by atoms with Crippen molar-refractivity contribution in [1.29, 1.82) is 0 Å². The minimum atomic E-state index is 0.896. The summed E-state index contributed by atoms with van der Waals surface area (Å²) in [5, 5.41) is 0. The van der Waals surface area contributed by atoms with Gasteiger partial charge in [0.2, 0.25) is 0 Å². The zero-order chi connectivity index (χ0) is 4.12. The Bertz CT molecular complexity index is 30.6. The summed E-state index contributed by atoms with van der Waals surface area (Å²) in [6.07, 6.45) is 4.33. The molecule has 0 heterocycles. The van der Waals surface area contributed by atoms with Gasteiger partial charge in [-0.3, -0.25) is 0 Å². The third-order valence-electron chi connectivity index (χ3n) is 0.471. The molecule has 0 nitrogen and oxygen atoms in total. The molecule has 0 aromatic heterocycles. The predicted molar refractivity (Wildman–Crippen MR) is 29.6 cm³/mol. The molecule has 0 unspecified atom stereocenters. The zero-order valence-corrected chi connectivity index (χ0v) is 9.57. The van der Waals surface area contributed by atoms with Gasteiger partial charge in [0.1, 0.15) is 0 Å². The van der Waals surface area contributed by atoms with Crippen LogP contribution in [0, 0.1) is 0 Å². The number of allylic oxidation sites excluding steroid dienone is 2. The summed E-state index contributed by atoms with van der Waals surface area (Å²) in [6.45, 7) is 2.06. The van der Waals surface area contributed by atoms with Crippen LogP contribution >= 0.6 is 0 Å². The molecule has 0 saturated carbocycles. The molecular weight excluding hydrogens is 167 g/mol. The fourth-order valence-corrected chi connectivity index (χ4v) is 1.58. The average Bonchev–Trinajstić information content (AvgIpc) is 1.41. The van der Waals surface area contributed by atoms with Crippen molar-refractivity contribution in [3.8, 4) is 0 Å². The molecule has 0 rings (SSSR count). The van der Waals surface area contributed by atoms with Gasteiger partial charge in [-0.25, -0.2) is 0 Å². The monoisotopic (exact) mass is 178 g/mol. The van der Waals surface area contributed by atoms with E-state index in [0.29, 0.717) is 0 Å². The fraction of sp³-hybridized carbons (Fsp3) is 0.500. The molecule has 0 saturated heterocycles. The summed E-state index contributed by atoms with van der Waals surface area (Å²) in [5.41, 5.74) is 0. The van der Waals surface area contributed by atoms with Crippen LogP contribution in [0.1, 0.15) is 6.92 Å². The molecular formula is C4H10Sn. The summed E-state index contributed by atoms with van der Waals surface area (Å²) < 4.78 is 1.37. The van der Waals surface area contributed by atoms with Crippen LogP contribution in [0.15, 0.2) is 12.2 Å². The standard InChI is InChI=1S/C4H7.Sn.3H/c1-3-4-2;;;;/h3-4H,1H2,2H3;;;;/b4-3+;;;;. The molecule has 0 aliphatic rings. The topological polar surface area (TPSA) is 0 Å². The van der Waals surface area contributed by atoms with Crippen LogP contribution in [0.3, 0.4) is 0 Å². The van der Waals surface area contributed by atoms with Crippen molar-refractivity contribution in [3.05, 3.63) is 12.2 Å². The predicted octanol–water partition coefficient (Wildman–Crippen LogP) is 0.346. The van der Waals surface area contributed by atoms with E-state index in [4.69, 9.17) is 0 Å². The second-order valence-corrected chi connectivity index (χ2v) is 3.31. The van der Waals surface area contributed by atoms with E-state index in [-0.39, 0.29) is 0 Å². The van der Waals surface area contributed by atoms with Crippen molar-refractivity contribution in [2.24, 2.45) is 0 Å². The zero-order valence-electron chi connectivity index (χ0n) is 3.86. The first kappa shape index (κ1) is 5.54. The molecule has 0 aromatic carbocycles. The Morgan fingerprint density at radius 1 is 1.80 bits per heavy atom. The Morgan fingerprint density at radius 2 is 2.40 bits per heavy atom. The van der Waals surface area contributed by atoms with Crippen LogP contribution in [0.2, 0.25) is 4.44 Å². The molecule has 0 spiro atoms. The maximum atomic E-state index is 2.22. The molecule has 30 valence electrons. The molecule has 1 heteroatoms. The molecule has 0 aliphatic carbocycles. The molecule has 0 atom stereocenters. The number of rotatable bonds is 1. The minimum absolute atomic E-state index is 0.896. The third-order valence-corrected chi connectivity index (χ3v) is 1.82. The van der Waals surface area contributed by atoms with E-state index < -0.39 is 0 Å². The maximum absolute atomic E-state index is 2.22. The first-order valence-corrected chi connectivity index (χ1v) is 6.06. The van der Waals surface area contributed by atoms with Crippen LogP contribution in [0.25, 0.3) is 0 Å². The van der Waals surface area contributed by atoms with Crippen LogP contribution < -0.4 is 0 Å². The summed E-state index contributed by atoms with van der Waals surface area (Å²) >= 11 is 0.896. The third kappa shape index (κ3) is 4.54. The van der Waals surface area contributed by atoms with Gasteiger partial charge >= 0.3 is 46.0 Å². The van der Waals surface area contributed by atoms with E-state index in [1.54, 1.807) is 0 Å². The van der Waals surface area contributed by atoms with E-state index in [0.717, 1.165) is 22.5 Å². The van der Waals surface area contributed by atoms with Gasteiger partial charge in [0, 0.05) is 0 Å². The van der Waals surface area contributed by atoms with Gasteiger partial charge in [0.15, 0.2) is 0 Å². The Balaban J connectivity index is 2.62. The van der Waals surface area contributed by atoms with Gasteiger partial charge in [-0.05, 0) is 0 Å². The van der Waals surface area contributed by atoms with Crippen molar-refractivity contribution in [2.45, 2.75) is 11.4 Å². The quantitative estimate of drug-likeness (QED) is 0.400. The second kappa shape index (κ2) is 4.54. The summed E-state index contributed by atoms with van der Waals surface area (Å²) in [6, 6.07) is 0. The van der Waals surface area contributed by atoms with Crippen molar-refractivity contribution in [1.82, 2.24) is 0 Å². The Hall–Kier alpha value is 0.539. The molecule has 0 fully saturated rings. The molecule has 0 radical (unpaired) electrons. The summed E-state index contributed by atoms with van der Waals surface area (Å²) in [4.78, 5) is 0. The normalized spacial score (nSPS) is 10.6. The van der Waals surface area contributed by atoms with Gasteiger partial charge in [-0.2, -0.15) is 0 Å². The molecule has 0 aliphatic heterocycles. The van der Waals surface area contributed by atoms with E-state index in [2.05, 4.69) is 19.1 Å². The van der Waals surface area contributed by atoms with E-state index >= 15 is 0 Å². The number of hydrogen-bond acceptors (Lipinski definition) is 0. The van der Waals surface area contributed by atoms with E-state index in [1.807, 2.05) is 0 Å². The van der Waals surface area contributed by atoms with Gasteiger partial charge in [0.25, 0.3) is 0 Å². The Kier molecular flexibility index (Phi) is 5.03. The second-order valence-electron chi connectivity index (χ2n) is 0.977. The van der Waals surface area contributed by atoms with Crippen molar-refractivity contribution >= 4 is 22.5 Å². The molecule has 0 N–H and O–H groups in total. The van der Waals surface area contributed by atoms with Gasteiger partial charge < -0.3 is 0 Å². The van der Waals surface area contributed by atoms with Crippen LogP contribution in [0.4, 0.5) is 0 Å². The van der Waals surface area contributed by atoms with Crippen molar-refractivity contribution < 1.29 is 0 Å². The Morgan fingerprint density at radius 3 is 2.40 bits per heavy atom. The SMILES string of the molecule is C/C=C/[CH2][SnH3]. The van der Waals surface area contributed by atoms with Crippen molar-refractivity contribution in [2.75, 3.05) is 0 Å². The first-order chi connectivity index (χ1) is 2.41. The van der Waals surface area contributed by atoms with Gasteiger partial charge in [0.05, 0.1) is 0 Å². The molecule has 0 bridgehead atoms. The Labute approximate surface area is 46.4 Å². The van der Waals surface area contributed by atoms with Crippen LogP contribution in [-0.4, -0.2) is 22.5 Å². The number of hydrogen-bond donors (Lipinski definition) is 0. The van der Waals surface area contributed by atoms with E-state index in [1.165, 1.54) is 4.44 Å².